The summed E-state index contributed by atoms with van der Waals surface area (Å²) in [7, 11) is 3.29. The number of nitriles is 1. The molecule has 4 nitrogen and oxygen atoms in total. The lowest BCUT2D eigenvalue weighted by molar-refractivity contribution is -0.124. The van der Waals surface area contributed by atoms with Crippen LogP contribution >= 0.6 is 0 Å². The highest BCUT2D eigenvalue weighted by Crippen LogP contribution is 2.22. The van der Waals surface area contributed by atoms with Gasteiger partial charge >= 0.3 is 5.91 Å². The molecule has 1 amide bonds. The predicted molar refractivity (Wildman–Crippen MR) is 69.4 cm³/mol. The van der Waals surface area contributed by atoms with Crippen molar-refractivity contribution in [3.8, 4) is 11.8 Å². The zero-order chi connectivity index (χ0) is 13.7. The van der Waals surface area contributed by atoms with E-state index < -0.39 is 5.91 Å². The number of amides is 1. The summed E-state index contributed by atoms with van der Waals surface area (Å²) in [5.41, 5.74) is 3.38. The fraction of sp³-hybridized carbons (Fsp3) is 0.429. The van der Waals surface area contributed by atoms with Crippen LogP contribution in [0.25, 0.3) is 0 Å². The topological polar surface area (TPSA) is 53.3 Å². The van der Waals surface area contributed by atoms with E-state index in [0.29, 0.717) is 6.54 Å². The van der Waals surface area contributed by atoms with Crippen molar-refractivity contribution < 1.29 is 9.53 Å². The maximum Gasteiger partial charge on any atom is 0.324 e. The highest BCUT2D eigenvalue weighted by molar-refractivity contribution is 5.90. The third-order valence-corrected chi connectivity index (χ3v) is 3.01. The Kier molecular flexibility index (Phi) is 4.73. The van der Waals surface area contributed by atoms with Gasteiger partial charge < -0.3 is 9.64 Å². The molecule has 18 heavy (non-hydrogen) atoms. The van der Waals surface area contributed by atoms with Crippen molar-refractivity contribution in [3.05, 3.63) is 28.8 Å². The first kappa shape index (κ1) is 14.0. The summed E-state index contributed by atoms with van der Waals surface area (Å²) in [6.45, 7) is 4.55. The molecular formula is C14H18N2O2. The number of carbonyl (C=O) groups is 1. The molecule has 0 N–H and O–H groups in total. The van der Waals surface area contributed by atoms with Crippen LogP contribution in [0.2, 0.25) is 0 Å². The lowest BCUT2D eigenvalue weighted by Gasteiger charge is -2.15. The van der Waals surface area contributed by atoms with Gasteiger partial charge in [0.1, 0.15) is 5.75 Å². The SMILES string of the molecule is COc1cc(C)c(CCN(C)C(=O)C#N)cc1C. The van der Waals surface area contributed by atoms with Crippen molar-refractivity contribution in [1.82, 2.24) is 4.90 Å². The van der Waals surface area contributed by atoms with Crippen molar-refractivity contribution in [3.63, 3.8) is 0 Å². The third kappa shape index (κ3) is 3.24. The van der Waals surface area contributed by atoms with Gasteiger partial charge in [0.2, 0.25) is 0 Å². The Morgan fingerprint density at radius 2 is 2.06 bits per heavy atom. The van der Waals surface area contributed by atoms with Crippen LogP contribution < -0.4 is 4.74 Å². The van der Waals surface area contributed by atoms with Crippen molar-refractivity contribution >= 4 is 5.91 Å². The number of ether oxygens (including phenoxy) is 1. The van der Waals surface area contributed by atoms with E-state index in [1.54, 1.807) is 20.2 Å². The Morgan fingerprint density at radius 3 is 2.61 bits per heavy atom. The van der Waals surface area contributed by atoms with E-state index in [9.17, 15) is 4.79 Å². The average molecular weight is 246 g/mol. The number of likely N-dealkylation sites (N-methyl/N-ethyl adjacent to an activating group) is 1. The molecule has 0 aromatic heterocycles. The summed E-state index contributed by atoms with van der Waals surface area (Å²) in [6.07, 6.45) is 0.737. The molecule has 0 fully saturated rings. The first-order valence-electron chi connectivity index (χ1n) is 5.79. The number of hydrogen-bond acceptors (Lipinski definition) is 3. The molecule has 96 valence electrons. The van der Waals surface area contributed by atoms with E-state index in [1.807, 2.05) is 19.9 Å². The average Bonchev–Trinajstić information content (AvgIpc) is 2.37. The molecule has 0 heterocycles. The fourth-order valence-electron chi connectivity index (χ4n) is 1.81. The quantitative estimate of drug-likeness (QED) is 0.762. The normalized spacial score (nSPS) is 9.72. The van der Waals surface area contributed by atoms with Gasteiger partial charge in [-0.05, 0) is 43.0 Å². The lowest BCUT2D eigenvalue weighted by atomic mass is 10.0. The van der Waals surface area contributed by atoms with Crippen LogP contribution in [0, 0.1) is 25.2 Å². The molecule has 1 rings (SSSR count). The van der Waals surface area contributed by atoms with E-state index >= 15 is 0 Å². The highest BCUT2D eigenvalue weighted by Gasteiger charge is 2.09. The second kappa shape index (κ2) is 6.06. The molecule has 0 saturated carbocycles. The van der Waals surface area contributed by atoms with Crippen LogP contribution in [0.4, 0.5) is 0 Å². The molecule has 0 aliphatic rings. The molecule has 1 aromatic carbocycles. The number of carbonyl (C=O) groups excluding carboxylic acids is 1. The van der Waals surface area contributed by atoms with Gasteiger partial charge in [0.05, 0.1) is 7.11 Å². The maximum absolute atomic E-state index is 11.1. The van der Waals surface area contributed by atoms with Gasteiger partial charge in [0.25, 0.3) is 0 Å². The second-order valence-electron chi connectivity index (χ2n) is 4.34. The summed E-state index contributed by atoms with van der Waals surface area (Å²) < 4.78 is 5.25. The Hall–Kier alpha value is -2.02. The fourth-order valence-corrected chi connectivity index (χ4v) is 1.81. The first-order valence-corrected chi connectivity index (χ1v) is 5.79. The molecule has 0 unspecified atom stereocenters. The van der Waals surface area contributed by atoms with Crippen LogP contribution in [0.1, 0.15) is 16.7 Å². The number of aryl methyl sites for hydroxylation is 2. The van der Waals surface area contributed by atoms with E-state index in [1.165, 1.54) is 10.5 Å². The third-order valence-electron chi connectivity index (χ3n) is 3.01. The summed E-state index contributed by atoms with van der Waals surface area (Å²) in [4.78, 5) is 12.6. The van der Waals surface area contributed by atoms with Gasteiger partial charge in [-0.1, -0.05) is 6.07 Å². The molecule has 0 bridgehead atoms. The Balaban J connectivity index is 2.78. The minimum atomic E-state index is -0.502. The van der Waals surface area contributed by atoms with Gasteiger partial charge in [-0.3, -0.25) is 4.79 Å². The number of rotatable bonds is 4. The van der Waals surface area contributed by atoms with Crippen molar-refractivity contribution in [1.29, 1.82) is 5.26 Å². The van der Waals surface area contributed by atoms with E-state index in [4.69, 9.17) is 10.00 Å². The molecule has 0 aliphatic heterocycles. The minimum absolute atomic E-state index is 0.502. The number of hydrogen-bond donors (Lipinski definition) is 0. The van der Waals surface area contributed by atoms with Gasteiger partial charge in [-0.2, -0.15) is 5.26 Å². The minimum Gasteiger partial charge on any atom is -0.496 e. The molecule has 0 saturated heterocycles. The van der Waals surface area contributed by atoms with Gasteiger partial charge in [0, 0.05) is 13.6 Å². The summed E-state index contributed by atoms with van der Waals surface area (Å²) >= 11 is 0. The summed E-state index contributed by atoms with van der Waals surface area (Å²) in [5, 5.41) is 8.51. The Bertz CT molecular complexity index is 489. The van der Waals surface area contributed by atoms with Crippen LogP contribution in [0.15, 0.2) is 12.1 Å². The van der Waals surface area contributed by atoms with E-state index in [0.717, 1.165) is 23.3 Å². The van der Waals surface area contributed by atoms with Crippen LogP contribution in [-0.2, 0) is 11.2 Å². The molecule has 0 radical (unpaired) electrons. The first-order chi connectivity index (χ1) is 8.49. The van der Waals surface area contributed by atoms with Crippen LogP contribution in [0.5, 0.6) is 5.75 Å². The van der Waals surface area contributed by atoms with E-state index in [-0.39, 0.29) is 0 Å². The summed E-state index contributed by atoms with van der Waals surface area (Å²) in [6, 6.07) is 5.68. The Morgan fingerprint density at radius 1 is 1.39 bits per heavy atom. The predicted octanol–water partition coefficient (Wildman–Crippen LogP) is 1.84. The molecular weight excluding hydrogens is 228 g/mol. The largest absolute Gasteiger partial charge is 0.496 e. The zero-order valence-corrected chi connectivity index (χ0v) is 11.3. The standard InChI is InChI=1S/C14H18N2O2/c1-10-8-13(18-4)11(2)7-12(10)5-6-16(3)14(17)9-15/h7-8H,5-6H2,1-4H3. The molecule has 4 heteroatoms. The summed E-state index contributed by atoms with van der Waals surface area (Å²) in [5.74, 6) is 0.371. The molecule has 0 aliphatic carbocycles. The smallest absolute Gasteiger partial charge is 0.324 e. The maximum atomic E-state index is 11.1. The second-order valence-corrected chi connectivity index (χ2v) is 4.34. The van der Waals surface area contributed by atoms with Crippen LogP contribution in [-0.4, -0.2) is 31.5 Å². The van der Waals surface area contributed by atoms with E-state index in [2.05, 4.69) is 6.07 Å². The van der Waals surface area contributed by atoms with Crippen LogP contribution in [0.3, 0.4) is 0 Å². The van der Waals surface area contributed by atoms with Gasteiger partial charge in [-0.15, -0.1) is 0 Å². The molecule has 0 spiro atoms. The van der Waals surface area contributed by atoms with Gasteiger partial charge in [-0.25, -0.2) is 0 Å². The zero-order valence-electron chi connectivity index (χ0n) is 11.3. The number of nitrogens with zero attached hydrogens (tertiary/aromatic N) is 2. The van der Waals surface area contributed by atoms with Crippen molar-refractivity contribution in [2.24, 2.45) is 0 Å². The lowest BCUT2D eigenvalue weighted by Crippen LogP contribution is -2.27. The van der Waals surface area contributed by atoms with Crippen molar-refractivity contribution in [2.75, 3.05) is 20.7 Å². The highest BCUT2D eigenvalue weighted by atomic mass is 16.5. The Labute approximate surface area is 108 Å². The number of benzene rings is 1. The number of methoxy groups -OCH3 is 1. The molecule has 1 aromatic rings. The van der Waals surface area contributed by atoms with Crippen molar-refractivity contribution in [2.45, 2.75) is 20.3 Å². The monoisotopic (exact) mass is 246 g/mol. The van der Waals surface area contributed by atoms with Gasteiger partial charge in [0.15, 0.2) is 6.07 Å². The molecule has 0 atom stereocenters.